The Morgan fingerprint density at radius 2 is 1.30 bits per heavy atom. The number of benzene rings is 4. The number of nitrogens with one attached hydrogen (secondary N) is 3. The fourth-order valence-electron chi connectivity index (χ4n) is 6.98. The topological polar surface area (TPSA) is 176 Å². The van der Waals surface area contributed by atoms with Crippen LogP contribution in [0.25, 0.3) is 42.0 Å². The first kappa shape index (κ1) is 38.3. The third-order valence-corrected chi connectivity index (χ3v) is 11.9. The summed E-state index contributed by atoms with van der Waals surface area (Å²) in [6.45, 7) is -2.24. The molecule has 4 aromatic carbocycles. The van der Waals surface area contributed by atoms with Gasteiger partial charge in [0.25, 0.3) is 6.47 Å². The number of carbonyl (C=O) groups is 1. The number of aromatic amines is 2. The molecule has 368 valence electrons. The second kappa shape index (κ2) is 32.9. The first-order chi connectivity index (χ1) is 40.4. The van der Waals surface area contributed by atoms with E-state index in [1.165, 1.54) is 72.0 Å². The van der Waals surface area contributed by atoms with Gasteiger partial charge < -0.3 is 51.2 Å². The fraction of sp³-hybridized carbons (Fsp3) is 0.314. The fourth-order valence-corrected chi connectivity index (χ4v) is 8.60. The summed E-state index contributed by atoms with van der Waals surface area (Å²) in [6.07, 6.45) is -17.2. The van der Waals surface area contributed by atoms with E-state index in [4.69, 9.17) is 45.6 Å². The third kappa shape index (κ3) is 18.8. The molecular formula is C51H58BrClK2N6O8S2. The van der Waals surface area contributed by atoms with E-state index in [1.54, 1.807) is 23.5 Å². The molecule has 1 atom stereocenters. The van der Waals surface area contributed by atoms with E-state index in [0.29, 0.717) is 34.1 Å². The van der Waals surface area contributed by atoms with E-state index in [-0.39, 0.29) is 184 Å². The van der Waals surface area contributed by atoms with Crippen molar-refractivity contribution in [2.24, 2.45) is 0 Å². The number of aromatic nitrogens is 2. The molecular weight excluding hydrogens is 1080 g/mol. The number of rotatable bonds is 14. The number of aliphatic hydroxyl groups is 1. The van der Waals surface area contributed by atoms with Gasteiger partial charge in [-0.3, -0.25) is 19.3 Å². The maximum absolute atomic E-state index is 11.6. The molecule has 0 radical (unpaired) electrons. The summed E-state index contributed by atoms with van der Waals surface area (Å²) in [4.78, 5) is 44.6. The van der Waals surface area contributed by atoms with Crippen molar-refractivity contribution >= 4 is 111 Å². The van der Waals surface area contributed by atoms with Crippen LogP contribution >= 0.6 is 51.0 Å². The van der Waals surface area contributed by atoms with Crippen LogP contribution in [0.15, 0.2) is 129 Å². The Hall–Kier alpha value is -2.23. The van der Waals surface area contributed by atoms with Crippen LogP contribution in [0.3, 0.4) is 0 Å². The van der Waals surface area contributed by atoms with Crippen molar-refractivity contribution in [1.29, 1.82) is 0 Å². The van der Waals surface area contributed by atoms with Crippen LogP contribution < -0.4 is 144 Å². The van der Waals surface area contributed by atoms with Crippen molar-refractivity contribution in [2.45, 2.75) is 31.8 Å². The van der Waals surface area contributed by atoms with Gasteiger partial charge in [-0.2, -0.15) is 0 Å². The number of fused-ring (bicyclic) bond motifs is 4. The Kier molecular flexibility index (Phi) is 17.8. The SMILES string of the molecule is Cl.O=CO[O-].[2H]C([2H])(Br)C([2H])([2H])C([2H])([2H])C([2H])([2H])Oc1ccc2ccc(=O)[nH]c2c1.[2H]c1cc([2H])c2sccc2c1N1CCN(C([2H])([2H])C([2H])([2H])C([2H])([2H])C([2H])(O)Oc2ccc3ccc(=O)[nH]c3c2)CC1.[2H]c1cc([2H])c2sccc2c1N1CCNCC1.[H-].[K+].[K+]. The van der Waals surface area contributed by atoms with Gasteiger partial charge in [0.2, 0.25) is 11.1 Å². The molecule has 2 saturated heterocycles. The Labute approximate surface area is 548 Å². The van der Waals surface area contributed by atoms with Crippen molar-refractivity contribution in [1.82, 2.24) is 20.2 Å². The average Bonchev–Trinajstić information content (AvgIpc) is 1.34. The molecule has 71 heavy (non-hydrogen) atoms. The van der Waals surface area contributed by atoms with E-state index >= 15 is 0 Å². The normalized spacial score (nSPS) is 19.5. The Morgan fingerprint density at radius 1 is 0.775 bits per heavy atom. The first-order valence-corrected chi connectivity index (χ1v) is 23.2. The number of anilines is 2. The van der Waals surface area contributed by atoms with E-state index in [1.807, 2.05) is 27.8 Å². The van der Waals surface area contributed by atoms with E-state index in [2.05, 4.69) is 41.0 Å². The van der Waals surface area contributed by atoms with Gasteiger partial charge in [-0.25, -0.2) is 0 Å². The van der Waals surface area contributed by atoms with Crippen molar-refractivity contribution < 1.29 is 160 Å². The van der Waals surface area contributed by atoms with Crippen LogP contribution in [0, 0.1) is 0 Å². The minimum atomic E-state index is -3.58. The number of hydrogen-bond donors (Lipinski definition) is 4. The van der Waals surface area contributed by atoms with Crippen LogP contribution in [0.4, 0.5) is 11.4 Å². The van der Waals surface area contributed by atoms with Gasteiger partial charge >= 0.3 is 103 Å². The summed E-state index contributed by atoms with van der Waals surface area (Å²) in [5.41, 5.74) is 1.42. The van der Waals surface area contributed by atoms with Crippen molar-refractivity contribution in [2.75, 3.05) is 80.5 Å². The summed E-state index contributed by atoms with van der Waals surface area (Å²) in [5, 5.41) is 26.6. The molecule has 2 fully saturated rings. The minimum Gasteiger partial charge on any atom is -1.00 e. The van der Waals surface area contributed by atoms with Crippen LogP contribution in [-0.4, -0.2) is 103 Å². The van der Waals surface area contributed by atoms with Crippen molar-refractivity contribution in [3.8, 4) is 11.5 Å². The zero-order chi connectivity index (χ0) is 64.5. The van der Waals surface area contributed by atoms with Gasteiger partial charge in [-0.1, -0.05) is 28.1 Å². The molecule has 0 amide bonds. The number of H-pyrrole nitrogens is 2. The monoisotopic (exact) mass is 1160 g/mol. The molecule has 14 nitrogen and oxygen atoms in total. The van der Waals surface area contributed by atoms with Gasteiger partial charge in [-0.15, -0.1) is 35.1 Å². The second-order valence-electron chi connectivity index (χ2n) is 14.3. The van der Waals surface area contributed by atoms with Crippen LogP contribution in [0.5, 0.6) is 11.5 Å². The average molecular weight is 1160 g/mol. The predicted octanol–water partition coefficient (Wildman–Crippen LogP) is 2.41. The Balaban J connectivity index is 0.000000369. The van der Waals surface area contributed by atoms with Gasteiger partial charge in [0.15, 0.2) is 6.27 Å². The van der Waals surface area contributed by atoms with Crippen LogP contribution in [-0.2, 0) is 9.68 Å². The van der Waals surface area contributed by atoms with Gasteiger partial charge in [0.1, 0.15) is 12.9 Å². The molecule has 2 aliphatic heterocycles. The molecule has 20 heteroatoms. The van der Waals surface area contributed by atoms with E-state index < -0.39 is 55.7 Å². The first-order valence-electron chi connectivity index (χ1n) is 30.1. The van der Waals surface area contributed by atoms with Crippen LogP contribution in [0.2, 0.25) is 0 Å². The Morgan fingerprint density at radius 3 is 1.85 bits per heavy atom. The molecule has 8 aromatic rings. The van der Waals surface area contributed by atoms with Crippen molar-refractivity contribution in [3.05, 3.63) is 141 Å². The zero-order valence-corrected chi connectivity index (χ0v) is 48.5. The van der Waals surface area contributed by atoms with Crippen LogP contribution in [0.1, 0.15) is 53.0 Å². The van der Waals surface area contributed by atoms with E-state index in [9.17, 15) is 14.7 Å². The molecule has 10 rings (SSSR count). The summed E-state index contributed by atoms with van der Waals surface area (Å²) < 4.78 is 165. The predicted molar refractivity (Wildman–Crippen MR) is 286 cm³/mol. The number of hydrogen-bond acceptors (Lipinski definition) is 14. The van der Waals surface area contributed by atoms with Gasteiger partial charge in [0.05, 0.1) is 25.8 Å². The van der Waals surface area contributed by atoms with Gasteiger partial charge in [-0.05, 0) is 120 Å². The maximum atomic E-state index is 11.6. The molecule has 6 heterocycles. The maximum Gasteiger partial charge on any atom is 1.00 e. The largest absolute Gasteiger partial charge is 1.00 e. The standard InChI is InChI=1S/C25H27N3O3S.C13H14BrNO2.C12H14N2S.CH2O3.ClH.2K.H/c29-24-9-7-18-6-8-19(17-21(18)26-24)31-25(30)5-2-11-27-12-14-28(15-13-27)22-3-1-4-23-20(22)10-16-32-23;14-7-1-2-8-17-11-5-3-10-4-6-13(16)15-12(10)9-11;1-2-11(14-7-5-13-6-8-14)10-4-9-15-12(10)3-1;2-1-4-3;;;;/h1,3-4,6-10,16-17,25,30H,2,5,11-15H2,(H,26,29);3-6,9H,1-2,7-8H2,(H,15,16);1-4,9,13H,5-8H2;1,3H;1H;;;/q;;;;;2*+1;-1/p-1/i2D2,3D,4D,5D2,11D2,25D;1D2,2D2,7D2,8D2;2D,3D;;;;;. The summed E-state index contributed by atoms with van der Waals surface area (Å²) in [5.74, 6) is -0.371. The molecule has 2 aliphatic rings. The molecule has 0 saturated carbocycles. The van der Waals surface area contributed by atoms with Gasteiger partial charge in [0, 0.05) is 136 Å². The number of pyridine rings is 2. The summed E-state index contributed by atoms with van der Waals surface area (Å²) in [6, 6.07) is 22.2. The quantitative estimate of drug-likeness (QED) is 0.0313. The number of carbonyl (C=O) groups excluding carboxylic acids is 1. The molecule has 0 spiro atoms. The zero-order valence-electron chi connectivity index (χ0n) is 58.2. The molecule has 1 unspecified atom stereocenters. The van der Waals surface area contributed by atoms with E-state index in [0.717, 1.165) is 56.9 Å². The van der Waals surface area contributed by atoms with Crippen molar-refractivity contribution in [3.63, 3.8) is 0 Å². The molecule has 0 aliphatic carbocycles. The second-order valence-corrected chi connectivity index (χ2v) is 16.5. The number of piperazine rings is 2. The Bertz CT molecular complexity index is 3900. The number of thiophene rings is 2. The number of halogens is 2. The molecule has 4 N–H and O–H groups in total. The number of nitrogens with zero attached hydrogens (tertiary/aromatic N) is 3. The summed E-state index contributed by atoms with van der Waals surface area (Å²) >= 11 is 5.39. The molecule has 4 aromatic heterocycles. The number of ether oxygens (including phenoxy) is 2. The third-order valence-electron chi connectivity index (χ3n) is 10.1. The number of alkyl halides is 1. The summed E-state index contributed by atoms with van der Waals surface area (Å²) in [7, 11) is 0. The molecule has 0 bridgehead atoms. The smallest absolute Gasteiger partial charge is 1.00 e. The minimum absolute atomic E-state index is 0.